The number of fused-ring (bicyclic) bond motifs is 1. The Morgan fingerprint density at radius 2 is 2.27 bits per heavy atom. The third-order valence-electron chi connectivity index (χ3n) is 3.00. The smallest absolute Gasteiger partial charge is 0.159 e. The van der Waals surface area contributed by atoms with E-state index in [9.17, 15) is 4.79 Å². The van der Waals surface area contributed by atoms with Crippen molar-refractivity contribution in [2.75, 3.05) is 0 Å². The number of hydrogen-bond acceptors (Lipinski definition) is 1. The number of carbonyl (C=O) groups excluding carboxylic acids is 1. The fourth-order valence-electron chi connectivity index (χ4n) is 2.08. The van der Waals surface area contributed by atoms with Crippen LogP contribution in [-0.4, -0.2) is 5.78 Å². The second-order valence-corrected chi connectivity index (χ2v) is 4.09. The number of carbonyl (C=O) groups is 1. The highest BCUT2D eigenvalue weighted by Gasteiger charge is 2.40. The van der Waals surface area contributed by atoms with Crippen LogP contribution in [0.25, 0.3) is 0 Å². The van der Waals surface area contributed by atoms with Gasteiger partial charge < -0.3 is 0 Å². The van der Waals surface area contributed by atoms with Gasteiger partial charge in [-0.3, -0.25) is 4.79 Å². The first-order valence-electron chi connectivity index (χ1n) is 4.43. The molecule has 1 unspecified atom stereocenters. The Kier molecular flexibility index (Phi) is 1.41. The zero-order chi connectivity index (χ0) is 8.01. The zero-order valence-corrected chi connectivity index (χ0v) is 7.13. The zero-order valence-electron chi connectivity index (χ0n) is 7.13. The van der Waals surface area contributed by atoms with E-state index >= 15 is 0 Å². The fourth-order valence-corrected chi connectivity index (χ4v) is 2.08. The van der Waals surface area contributed by atoms with Crippen molar-refractivity contribution < 1.29 is 4.79 Å². The van der Waals surface area contributed by atoms with Gasteiger partial charge in [-0.15, -0.1) is 0 Å². The van der Waals surface area contributed by atoms with Crippen LogP contribution in [0.15, 0.2) is 11.6 Å². The number of rotatable bonds is 1. The van der Waals surface area contributed by atoms with Crippen LogP contribution in [0, 0.1) is 17.8 Å². The lowest BCUT2D eigenvalue weighted by atomic mass is 9.79. The maximum absolute atomic E-state index is 11.0. The Morgan fingerprint density at radius 1 is 1.55 bits per heavy atom. The van der Waals surface area contributed by atoms with Crippen molar-refractivity contribution in [3.63, 3.8) is 0 Å². The summed E-state index contributed by atoms with van der Waals surface area (Å²) in [6, 6.07) is 0. The maximum Gasteiger partial charge on any atom is 0.159 e. The third-order valence-corrected chi connectivity index (χ3v) is 3.00. The summed E-state index contributed by atoms with van der Waals surface area (Å²) in [6.07, 6.45) is 4.27. The Balaban J connectivity index is 2.12. The molecule has 1 saturated carbocycles. The predicted octanol–water partition coefficient (Wildman–Crippen LogP) is 2.18. The van der Waals surface area contributed by atoms with Gasteiger partial charge in [-0.05, 0) is 29.7 Å². The van der Waals surface area contributed by atoms with E-state index < -0.39 is 0 Å². The highest BCUT2D eigenvalue weighted by Crippen LogP contribution is 2.44. The van der Waals surface area contributed by atoms with Crippen molar-refractivity contribution >= 4 is 5.78 Å². The molecule has 2 aliphatic carbocycles. The van der Waals surface area contributed by atoms with Gasteiger partial charge >= 0.3 is 0 Å². The first-order chi connectivity index (χ1) is 5.18. The highest BCUT2D eigenvalue weighted by molar-refractivity contribution is 6.03. The van der Waals surface area contributed by atoms with Gasteiger partial charge in [0.25, 0.3) is 0 Å². The van der Waals surface area contributed by atoms with Gasteiger partial charge in [0, 0.05) is 6.42 Å². The molecule has 0 radical (unpaired) electrons. The first kappa shape index (κ1) is 7.08. The molecule has 0 spiro atoms. The minimum atomic E-state index is 0.401. The first-order valence-corrected chi connectivity index (χ1v) is 4.43. The van der Waals surface area contributed by atoms with E-state index in [0.717, 1.165) is 12.0 Å². The van der Waals surface area contributed by atoms with Gasteiger partial charge in [-0.25, -0.2) is 0 Å². The molecule has 1 heteroatoms. The molecule has 0 saturated heterocycles. The summed E-state index contributed by atoms with van der Waals surface area (Å²) in [7, 11) is 0. The Hall–Kier alpha value is -0.590. The van der Waals surface area contributed by atoms with Crippen LogP contribution >= 0.6 is 0 Å². The molecule has 0 aromatic heterocycles. The molecular formula is C10H14O. The van der Waals surface area contributed by atoms with Gasteiger partial charge in [0.1, 0.15) is 0 Å². The molecule has 0 aromatic rings. The molecule has 2 rings (SSSR count). The number of Topliss-reactive ketones (excluding diaryl/α,β-unsaturated/α-hetero) is 1. The largest absolute Gasteiger partial charge is 0.295 e. The van der Waals surface area contributed by atoms with Gasteiger partial charge in [0.2, 0.25) is 0 Å². The van der Waals surface area contributed by atoms with Crippen LogP contribution in [0.1, 0.15) is 26.7 Å². The second kappa shape index (κ2) is 2.20. The van der Waals surface area contributed by atoms with Crippen LogP contribution in [-0.2, 0) is 4.79 Å². The molecule has 2 atom stereocenters. The van der Waals surface area contributed by atoms with Gasteiger partial charge in [0.15, 0.2) is 5.78 Å². The average Bonchev–Trinajstić information content (AvgIpc) is 2.26. The summed E-state index contributed by atoms with van der Waals surface area (Å²) in [6.45, 7) is 4.47. The van der Waals surface area contributed by atoms with Crippen molar-refractivity contribution in [2.24, 2.45) is 17.8 Å². The van der Waals surface area contributed by atoms with Crippen LogP contribution in [0.5, 0.6) is 0 Å². The quantitative estimate of drug-likeness (QED) is 0.560. The molecule has 1 nitrogen and oxygen atoms in total. The average molecular weight is 150 g/mol. The van der Waals surface area contributed by atoms with Gasteiger partial charge in [-0.2, -0.15) is 0 Å². The van der Waals surface area contributed by atoms with E-state index in [2.05, 4.69) is 19.9 Å². The minimum absolute atomic E-state index is 0.401. The molecule has 0 amide bonds. The van der Waals surface area contributed by atoms with E-state index in [1.165, 1.54) is 6.42 Å². The molecule has 0 heterocycles. The molecule has 2 aliphatic rings. The molecule has 0 aliphatic heterocycles. The van der Waals surface area contributed by atoms with Crippen LogP contribution in [0.4, 0.5) is 0 Å². The fraction of sp³-hybridized carbons (Fsp3) is 0.700. The number of hydrogen-bond donors (Lipinski definition) is 0. The van der Waals surface area contributed by atoms with E-state index in [1.807, 2.05) is 0 Å². The van der Waals surface area contributed by atoms with Gasteiger partial charge in [-0.1, -0.05) is 19.9 Å². The van der Waals surface area contributed by atoms with Gasteiger partial charge in [0.05, 0.1) is 0 Å². The molecule has 0 bridgehead atoms. The SMILES string of the molecule is CC(C)C1C=C2C(=O)C[C@@H]2C1. The molecule has 60 valence electrons. The normalized spacial score (nSPS) is 35.2. The standard InChI is InChI=1S/C10H14O/c1-6(2)7-3-8-5-10(11)9(8)4-7/h4,6-8H,3,5H2,1-2H3/t7?,8-/m0/s1. The van der Waals surface area contributed by atoms with Crippen molar-refractivity contribution in [2.45, 2.75) is 26.7 Å². The highest BCUT2D eigenvalue weighted by atomic mass is 16.1. The van der Waals surface area contributed by atoms with Crippen LogP contribution in [0.3, 0.4) is 0 Å². The van der Waals surface area contributed by atoms with E-state index in [4.69, 9.17) is 0 Å². The molecular weight excluding hydrogens is 136 g/mol. The van der Waals surface area contributed by atoms with E-state index in [0.29, 0.717) is 23.5 Å². The Bertz CT molecular complexity index is 225. The Morgan fingerprint density at radius 3 is 2.73 bits per heavy atom. The summed E-state index contributed by atoms with van der Waals surface area (Å²) in [5.74, 6) is 2.44. The summed E-state index contributed by atoms with van der Waals surface area (Å²) in [4.78, 5) is 11.0. The maximum atomic E-state index is 11.0. The van der Waals surface area contributed by atoms with E-state index in [1.54, 1.807) is 0 Å². The topological polar surface area (TPSA) is 17.1 Å². The monoisotopic (exact) mass is 150 g/mol. The van der Waals surface area contributed by atoms with Crippen LogP contribution < -0.4 is 0 Å². The van der Waals surface area contributed by atoms with Crippen molar-refractivity contribution in [3.05, 3.63) is 11.6 Å². The van der Waals surface area contributed by atoms with Crippen molar-refractivity contribution in [1.29, 1.82) is 0 Å². The predicted molar refractivity (Wildman–Crippen MR) is 44.1 cm³/mol. The molecule has 0 N–H and O–H groups in total. The molecule has 0 aromatic carbocycles. The van der Waals surface area contributed by atoms with E-state index in [-0.39, 0.29) is 0 Å². The summed E-state index contributed by atoms with van der Waals surface area (Å²) < 4.78 is 0. The second-order valence-electron chi connectivity index (χ2n) is 4.09. The summed E-state index contributed by atoms with van der Waals surface area (Å²) in [5.41, 5.74) is 1.14. The van der Waals surface area contributed by atoms with Crippen molar-refractivity contribution in [1.82, 2.24) is 0 Å². The summed E-state index contributed by atoms with van der Waals surface area (Å²) >= 11 is 0. The summed E-state index contributed by atoms with van der Waals surface area (Å²) in [5, 5.41) is 0. The molecule has 1 fully saturated rings. The molecule has 11 heavy (non-hydrogen) atoms. The number of ketones is 1. The third kappa shape index (κ3) is 0.943. The van der Waals surface area contributed by atoms with Crippen LogP contribution in [0.2, 0.25) is 0 Å². The number of allylic oxidation sites excluding steroid dienone is 2. The lowest BCUT2D eigenvalue weighted by molar-refractivity contribution is -0.120. The Labute approximate surface area is 67.5 Å². The van der Waals surface area contributed by atoms with Crippen molar-refractivity contribution in [3.8, 4) is 0 Å². The minimum Gasteiger partial charge on any atom is -0.295 e. The lowest BCUT2D eigenvalue weighted by Gasteiger charge is -2.23. The lowest BCUT2D eigenvalue weighted by Crippen LogP contribution is -2.24.